The molecule has 0 aliphatic rings. The highest BCUT2D eigenvalue weighted by molar-refractivity contribution is 6.35. The van der Waals surface area contributed by atoms with Gasteiger partial charge in [0, 0.05) is 22.7 Å². The van der Waals surface area contributed by atoms with Gasteiger partial charge in [-0.1, -0.05) is 23.2 Å². The molecule has 1 rings (SSSR count). The summed E-state index contributed by atoms with van der Waals surface area (Å²) >= 11 is 11.6. The van der Waals surface area contributed by atoms with Crippen molar-refractivity contribution in [1.29, 1.82) is 0 Å². The first-order chi connectivity index (χ1) is 8.16. The topological polar surface area (TPSA) is 57.6 Å². The highest BCUT2D eigenvalue weighted by atomic mass is 35.5. The molecule has 0 saturated heterocycles. The third-order valence-electron chi connectivity index (χ3n) is 2.78. The van der Waals surface area contributed by atoms with Crippen LogP contribution >= 0.6 is 23.2 Å². The molecular weight excluding hydrogens is 277 g/mol. The van der Waals surface area contributed by atoms with E-state index in [2.05, 4.69) is 0 Å². The van der Waals surface area contributed by atoms with Gasteiger partial charge in [-0.3, -0.25) is 4.79 Å². The van der Waals surface area contributed by atoms with Gasteiger partial charge >= 0.3 is 5.97 Å². The van der Waals surface area contributed by atoms with Crippen molar-refractivity contribution in [2.45, 2.75) is 19.4 Å². The fourth-order valence-electron chi connectivity index (χ4n) is 1.27. The molecule has 0 radical (unpaired) electrons. The van der Waals surface area contributed by atoms with E-state index in [1.807, 2.05) is 0 Å². The molecule has 0 unspecified atom stereocenters. The van der Waals surface area contributed by atoms with Gasteiger partial charge in [-0.25, -0.2) is 4.79 Å². The highest BCUT2D eigenvalue weighted by Crippen LogP contribution is 2.22. The van der Waals surface area contributed by atoms with Crippen LogP contribution in [0.25, 0.3) is 0 Å². The first kappa shape index (κ1) is 14.8. The number of carboxylic acid groups (broad SMARTS) is 1. The molecule has 0 bridgehead atoms. The van der Waals surface area contributed by atoms with Crippen molar-refractivity contribution < 1.29 is 14.7 Å². The van der Waals surface area contributed by atoms with E-state index >= 15 is 0 Å². The summed E-state index contributed by atoms with van der Waals surface area (Å²) in [5.74, 6) is -1.54. The van der Waals surface area contributed by atoms with Gasteiger partial charge < -0.3 is 10.0 Å². The first-order valence-electron chi connectivity index (χ1n) is 5.14. The number of amides is 1. The maximum absolute atomic E-state index is 12.1. The second-order valence-electron chi connectivity index (χ2n) is 4.39. The van der Waals surface area contributed by atoms with Gasteiger partial charge in [-0.05, 0) is 32.0 Å². The van der Waals surface area contributed by atoms with Crippen LogP contribution < -0.4 is 0 Å². The molecule has 0 spiro atoms. The monoisotopic (exact) mass is 289 g/mol. The van der Waals surface area contributed by atoms with Crippen molar-refractivity contribution in [3.8, 4) is 0 Å². The summed E-state index contributed by atoms with van der Waals surface area (Å²) in [6.07, 6.45) is 0. The fraction of sp³-hybridized carbons (Fsp3) is 0.333. The maximum Gasteiger partial charge on any atom is 0.329 e. The van der Waals surface area contributed by atoms with E-state index in [4.69, 9.17) is 28.3 Å². The number of carbonyl (C=O) groups excluding carboxylic acids is 1. The van der Waals surface area contributed by atoms with E-state index < -0.39 is 17.4 Å². The molecule has 1 aromatic rings. The van der Waals surface area contributed by atoms with E-state index in [1.54, 1.807) is 0 Å². The summed E-state index contributed by atoms with van der Waals surface area (Å²) in [6.45, 7) is 2.89. The second-order valence-corrected chi connectivity index (χ2v) is 5.26. The van der Waals surface area contributed by atoms with Crippen LogP contribution in [-0.4, -0.2) is 34.5 Å². The van der Waals surface area contributed by atoms with Gasteiger partial charge in [0.05, 0.1) is 0 Å². The van der Waals surface area contributed by atoms with E-state index in [0.29, 0.717) is 10.0 Å². The summed E-state index contributed by atoms with van der Waals surface area (Å²) in [7, 11) is 1.42. The molecule has 6 heteroatoms. The van der Waals surface area contributed by atoms with Crippen molar-refractivity contribution in [2.24, 2.45) is 0 Å². The van der Waals surface area contributed by atoms with Crippen LogP contribution in [0.4, 0.5) is 0 Å². The number of hydrogen-bond acceptors (Lipinski definition) is 2. The third-order valence-corrected chi connectivity index (χ3v) is 3.21. The Kier molecular flexibility index (Phi) is 4.24. The Morgan fingerprint density at radius 2 is 1.61 bits per heavy atom. The lowest BCUT2D eigenvalue weighted by molar-refractivity contribution is -0.147. The normalized spacial score (nSPS) is 11.2. The molecule has 4 nitrogen and oxygen atoms in total. The SMILES string of the molecule is CN(C(=O)c1cc(Cl)cc(Cl)c1)C(C)(C)C(=O)O. The lowest BCUT2D eigenvalue weighted by Gasteiger charge is -2.31. The molecular formula is C12H13Cl2NO3. The zero-order valence-electron chi connectivity index (χ0n) is 10.2. The number of carboxylic acids is 1. The smallest absolute Gasteiger partial charge is 0.329 e. The highest BCUT2D eigenvalue weighted by Gasteiger charge is 2.35. The summed E-state index contributed by atoms with van der Waals surface area (Å²) in [6, 6.07) is 4.40. The fourth-order valence-corrected chi connectivity index (χ4v) is 1.79. The zero-order valence-corrected chi connectivity index (χ0v) is 11.7. The van der Waals surface area contributed by atoms with Crippen molar-refractivity contribution in [2.75, 3.05) is 7.05 Å². The summed E-state index contributed by atoms with van der Waals surface area (Å²) in [5, 5.41) is 9.72. The zero-order chi connectivity index (χ0) is 14.1. The molecule has 0 saturated carbocycles. The Balaban J connectivity index is 3.11. The molecule has 0 fully saturated rings. The number of hydrogen-bond donors (Lipinski definition) is 1. The van der Waals surface area contributed by atoms with Gasteiger partial charge in [0.2, 0.25) is 0 Å². The Labute approximate surface area is 115 Å². The van der Waals surface area contributed by atoms with E-state index in [1.165, 1.54) is 39.1 Å². The average molecular weight is 290 g/mol. The number of rotatable bonds is 3. The second kappa shape index (κ2) is 5.16. The van der Waals surface area contributed by atoms with Crippen molar-refractivity contribution in [3.63, 3.8) is 0 Å². The van der Waals surface area contributed by atoms with Crippen LogP contribution in [0.2, 0.25) is 10.0 Å². The lowest BCUT2D eigenvalue weighted by atomic mass is 10.0. The summed E-state index contributed by atoms with van der Waals surface area (Å²) in [5.41, 5.74) is -1.06. The maximum atomic E-state index is 12.1. The molecule has 1 amide bonds. The Morgan fingerprint density at radius 1 is 1.17 bits per heavy atom. The number of halogens is 2. The van der Waals surface area contributed by atoms with Gasteiger partial charge in [0.1, 0.15) is 5.54 Å². The average Bonchev–Trinajstić information content (AvgIpc) is 2.25. The van der Waals surface area contributed by atoms with Crippen molar-refractivity contribution in [3.05, 3.63) is 33.8 Å². The van der Waals surface area contributed by atoms with Crippen LogP contribution in [0, 0.1) is 0 Å². The standard InChI is InChI=1S/C12H13Cl2NO3/c1-12(2,11(17)18)15(3)10(16)7-4-8(13)6-9(14)5-7/h4-6H,1-3H3,(H,17,18). The minimum atomic E-state index is -1.31. The number of nitrogens with zero attached hydrogens (tertiary/aromatic N) is 1. The third kappa shape index (κ3) is 2.94. The predicted molar refractivity (Wildman–Crippen MR) is 70.3 cm³/mol. The molecule has 0 aliphatic carbocycles. The van der Waals surface area contributed by atoms with E-state index in [9.17, 15) is 9.59 Å². The van der Waals surface area contributed by atoms with Gasteiger partial charge in [-0.2, -0.15) is 0 Å². The quantitative estimate of drug-likeness (QED) is 0.931. The summed E-state index contributed by atoms with van der Waals surface area (Å²) in [4.78, 5) is 24.4. The van der Waals surface area contributed by atoms with E-state index in [0.717, 1.165) is 4.90 Å². The minimum Gasteiger partial charge on any atom is -0.480 e. The van der Waals surface area contributed by atoms with Crippen molar-refractivity contribution in [1.82, 2.24) is 4.90 Å². The van der Waals surface area contributed by atoms with Crippen LogP contribution in [0.5, 0.6) is 0 Å². The Hall–Kier alpha value is -1.26. The number of aliphatic carboxylic acids is 1. The molecule has 1 aromatic carbocycles. The molecule has 0 aliphatic heterocycles. The van der Waals surface area contributed by atoms with Crippen LogP contribution in [0.3, 0.4) is 0 Å². The predicted octanol–water partition coefficient (Wildman–Crippen LogP) is 2.93. The molecule has 1 N–H and O–H groups in total. The molecule has 98 valence electrons. The number of benzene rings is 1. The largest absolute Gasteiger partial charge is 0.480 e. The molecule has 0 aromatic heterocycles. The summed E-state index contributed by atoms with van der Waals surface area (Å²) < 4.78 is 0. The van der Waals surface area contributed by atoms with Crippen LogP contribution in [0.15, 0.2) is 18.2 Å². The van der Waals surface area contributed by atoms with Crippen LogP contribution in [0.1, 0.15) is 24.2 Å². The molecule has 0 atom stereocenters. The molecule has 0 heterocycles. The van der Waals surface area contributed by atoms with Crippen molar-refractivity contribution >= 4 is 35.1 Å². The molecule has 18 heavy (non-hydrogen) atoms. The minimum absolute atomic E-state index is 0.254. The first-order valence-corrected chi connectivity index (χ1v) is 5.89. The Morgan fingerprint density at radius 3 is 2.00 bits per heavy atom. The van der Waals surface area contributed by atoms with Crippen LogP contribution in [-0.2, 0) is 4.79 Å². The van der Waals surface area contributed by atoms with Gasteiger partial charge in [-0.15, -0.1) is 0 Å². The number of carbonyl (C=O) groups is 2. The lowest BCUT2D eigenvalue weighted by Crippen LogP contribution is -2.50. The van der Waals surface area contributed by atoms with E-state index in [-0.39, 0.29) is 5.56 Å². The van der Waals surface area contributed by atoms with Gasteiger partial charge in [0.15, 0.2) is 0 Å². The Bertz CT molecular complexity index is 480. The van der Waals surface area contributed by atoms with Gasteiger partial charge in [0.25, 0.3) is 5.91 Å². The number of likely N-dealkylation sites (N-methyl/N-ethyl adjacent to an activating group) is 1.